The number of ether oxygens (including phenoxy) is 1. The summed E-state index contributed by atoms with van der Waals surface area (Å²) in [5, 5.41) is 9.31. The Hall–Kier alpha value is -3.46. The van der Waals surface area contributed by atoms with Gasteiger partial charge in [-0.25, -0.2) is 18.4 Å². The Morgan fingerprint density at radius 2 is 2.12 bits per heavy atom. The summed E-state index contributed by atoms with van der Waals surface area (Å²) in [5.41, 5.74) is 0.782. The number of sulfonamides is 1. The van der Waals surface area contributed by atoms with Crippen LogP contribution in [0.4, 0.5) is 9.52 Å². The van der Waals surface area contributed by atoms with E-state index in [0.717, 1.165) is 11.8 Å². The zero-order chi connectivity index (χ0) is 22.7. The molecule has 0 unspecified atom stereocenters. The molecule has 0 atom stereocenters. The van der Waals surface area contributed by atoms with E-state index >= 15 is 0 Å². The van der Waals surface area contributed by atoms with Crippen LogP contribution < -0.4 is 9.46 Å². The lowest BCUT2D eigenvalue weighted by Crippen LogP contribution is -2.13. The minimum Gasteiger partial charge on any atom is -0.456 e. The minimum absolute atomic E-state index is 0.00399. The molecule has 12 heteroatoms. The van der Waals surface area contributed by atoms with Gasteiger partial charge < -0.3 is 9.30 Å². The highest BCUT2D eigenvalue weighted by atomic mass is 35.5. The van der Waals surface area contributed by atoms with E-state index in [0.29, 0.717) is 28.7 Å². The van der Waals surface area contributed by atoms with Gasteiger partial charge >= 0.3 is 0 Å². The van der Waals surface area contributed by atoms with Crippen LogP contribution in [0.1, 0.15) is 11.1 Å². The van der Waals surface area contributed by atoms with E-state index in [-0.39, 0.29) is 21.3 Å². The van der Waals surface area contributed by atoms with Crippen LogP contribution in [0.5, 0.6) is 11.5 Å². The molecular formula is C20H13ClFN5O3S2. The second-order valence-corrected chi connectivity index (χ2v) is 9.51. The van der Waals surface area contributed by atoms with Gasteiger partial charge in [-0.2, -0.15) is 9.65 Å². The number of benzene rings is 2. The molecule has 0 bridgehead atoms. The third-order valence-electron chi connectivity index (χ3n) is 4.24. The highest BCUT2D eigenvalue weighted by Crippen LogP contribution is 2.31. The average Bonchev–Trinajstić information content (AvgIpc) is 3.42. The van der Waals surface area contributed by atoms with Crippen LogP contribution in [0.2, 0.25) is 5.02 Å². The van der Waals surface area contributed by atoms with Crippen molar-refractivity contribution in [1.82, 2.24) is 14.5 Å². The topological polar surface area (TPSA) is 110 Å². The molecule has 0 saturated heterocycles. The lowest BCUT2D eigenvalue weighted by molar-refractivity contribution is 0.479. The molecule has 0 saturated carbocycles. The Morgan fingerprint density at radius 3 is 2.81 bits per heavy atom. The molecule has 0 aliphatic rings. The number of nitrogens with one attached hydrogen (secondary N) is 1. The van der Waals surface area contributed by atoms with E-state index in [2.05, 4.69) is 14.7 Å². The van der Waals surface area contributed by atoms with Crippen molar-refractivity contribution in [2.75, 3.05) is 4.72 Å². The maximum absolute atomic E-state index is 13.1. The van der Waals surface area contributed by atoms with Gasteiger partial charge in [0.05, 0.1) is 29.5 Å². The van der Waals surface area contributed by atoms with Crippen molar-refractivity contribution in [3.05, 3.63) is 82.6 Å². The quantitative estimate of drug-likeness (QED) is 0.404. The van der Waals surface area contributed by atoms with Gasteiger partial charge in [-0.15, -0.1) is 0 Å². The number of thiazole rings is 1. The van der Waals surface area contributed by atoms with Crippen molar-refractivity contribution in [2.45, 2.75) is 11.4 Å². The molecule has 0 aliphatic carbocycles. The first kappa shape index (κ1) is 21.8. The zero-order valence-electron chi connectivity index (χ0n) is 16.1. The van der Waals surface area contributed by atoms with Gasteiger partial charge in [0.1, 0.15) is 17.6 Å². The fraction of sp³-hybridized carbons (Fsp3) is 0.0500. The molecule has 8 nitrogen and oxygen atoms in total. The third-order valence-corrected chi connectivity index (χ3v) is 6.77. The van der Waals surface area contributed by atoms with Gasteiger partial charge in [0.25, 0.3) is 10.0 Å². The summed E-state index contributed by atoms with van der Waals surface area (Å²) in [6, 6.07) is 10.8. The van der Waals surface area contributed by atoms with Crippen molar-refractivity contribution < 1.29 is 17.5 Å². The highest BCUT2D eigenvalue weighted by molar-refractivity contribution is 7.93. The smallest absolute Gasteiger partial charge is 0.263 e. The predicted octanol–water partition coefficient (Wildman–Crippen LogP) is 4.65. The number of imidazole rings is 1. The molecule has 4 rings (SSSR count). The van der Waals surface area contributed by atoms with Crippen LogP contribution in [0, 0.1) is 16.5 Å². The van der Waals surface area contributed by atoms with Gasteiger partial charge in [-0.05, 0) is 42.0 Å². The van der Waals surface area contributed by atoms with E-state index in [4.69, 9.17) is 16.3 Å². The minimum atomic E-state index is -4.07. The zero-order valence-corrected chi connectivity index (χ0v) is 18.5. The Morgan fingerprint density at radius 1 is 1.28 bits per heavy atom. The van der Waals surface area contributed by atoms with Crippen molar-refractivity contribution in [1.29, 1.82) is 5.26 Å². The molecule has 0 fully saturated rings. The van der Waals surface area contributed by atoms with E-state index in [1.54, 1.807) is 36.9 Å². The fourth-order valence-electron chi connectivity index (χ4n) is 2.77. The maximum Gasteiger partial charge on any atom is 0.263 e. The molecule has 162 valence electrons. The molecular weight excluding hydrogens is 477 g/mol. The van der Waals surface area contributed by atoms with Crippen LogP contribution in [-0.2, 0) is 16.6 Å². The number of nitrogens with zero attached hydrogens (tertiary/aromatic N) is 4. The highest BCUT2D eigenvalue weighted by Gasteiger charge is 2.19. The summed E-state index contributed by atoms with van der Waals surface area (Å²) >= 11 is 6.82. The van der Waals surface area contributed by atoms with Crippen molar-refractivity contribution >= 4 is 38.1 Å². The van der Waals surface area contributed by atoms with Gasteiger partial charge in [-0.1, -0.05) is 22.9 Å². The molecule has 0 amide bonds. The summed E-state index contributed by atoms with van der Waals surface area (Å²) in [5.74, 6) is 0.593. The number of rotatable bonds is 7. The van der Waals surface area contributed by atoms with Crippen molar-refractivity contribution in [3.8, 4) is 17.6 Å². The SMILES string of the molecule is N#Cc1cc(S(=O)(=O)Nc2ncc(F)s2)ccc1Oc1ccc(Cl)c(Cn2ccnc2)c1. The van der Waals surface area contributed by atoms with E-state index in [9.17, 15) is 18.1 Å². The first-order valence-electron chi connectivity index (χ1n) is 8.94. The summed E-state index contributed by atoms with van der Waals surface area (Å²) in [7, 11) is -4.07. The van der Waals surface area contributed by atoms with Crippen LogP contribution in [0.3, 0.4) is 0 Å². The number of aromatic nitrogens is 3. The number of nitriles is 1. The number of hydrogen-bond donors (Lipinski definition) is 1. The number of anilines is 1. The van der Waals surface area contributed by atoms with Crippen LogP contribution >= 0.6 is 22.9 Å². The third kappa shape index (κ3) is 4.88. The molecule has 2 aromatic carbocycles. The average molecular weight is 490 g/mol. The van der Waals surface area contributed by atoms with Crippen molar-refractivity contribution in [2.24, 2.45) is 0 Å². The fourth-order valence-corrected chi connectivity index (χ4v) is 4.76. The van der Waals surface area contributed by atoms with Gasteiger partial charge in [0.2, 0.25) is 0 Å². The Bertz CT molecular complexity index is 1420. The van der Waals surface area contributed by atoms with Crippen LogP contribution in [-0.4, -0.2) is 23.0 Å². The van der Waals surface area contributed by atoms with Gasteiger partial charge in [0.15, 0.2) is 10.3 Å². The monoisotopic (exact) mass is 489 g/mol. The van der Waals surface area contributed by atoms with Crippen molar-refractivity contribution in [3.63, 3.8) is 0 Å². The second kappa shape index (κ2) is 8.96. The standard InChI is InChI=1S/C20H13ClFN5O3S2/c21-17-3-1-15(7-14(17)11-27-6-5-24-12-27)30-18-4-2-16(8-13(18)9-23)32(28,29)26-20-25-10-19(22)31-20/h1-8,10,12H,11H2,(H,25,26). The van der Waals surface area contributed by atoms with E-state index < -0.39 is 15.2 Å². The predicted molar refractivity (Wildman–Crippen MR) is 117 cm³/mol. The molecule has 2 heterocycles. The number of hydrogen-bond acceptors (Lipinski definition) is 7. The van der Waals surface area contributed by atoms with E-state index in [1.807, 2.05) is 10.6 Å². The van der Waals surface area contributed by atoms with E-state index in [1.165, 1.54) is 18.2 Å². The molecule has 1 N–H and O–H groups in total. The maximum atomic E-state index is 13.1. The van der Waals surface area contributed by atoms with Gasteiger partial charge in [0, 0.05) is 17.4 Å². The summed E-state index contributed by atoms with van der Waals surface area (Å²) in [6.45, 7) is 0.474. The second-order valence-electron chi connectivity index (χ2n) is 6.44. The lowest BCUT2D eigenvalue weighted by atomic mass is 10.2. The first-order valence-corrected chi connectivity index (χ1v) is 11.6. The molecule has 0 aliphatic heterocycles. The molecule has 4 aromatic rings. The Balaban J connectivity index is 1.58. The summed E-state index contributed by atoms with van der Waals surface area (Å²) in [4.78, 5) is 7.44. The summed E-state index contributed by atoms with van der Waals surface area (Å²) < 4.78 is 48.0. The summed E-state index contributed by atoms with van der Waals surface area (Å²) in [6.07, 6.45) is 6.02. The molecule has 0 spiro atoms. The van der Waals surface area contributed by atoms with Crippen LogP contribution in [0.15, 0.2) is 66.2 Å². The number of halogens is 2. The first-order chi connectivity index (χ1) is 15.3. The molecule has 0 radical (unpaired) electrons. The van der Waals surface area contributed by atoms with Gasteiger partial charge in [-0.3, -0.25) is 4.72 Å². The normalized spacial score (nSPS) is 11.2. The Kier molecular flexibility index (Phi) is 6.09. The largest absolute Gasteiger partial charge is 0.456 e. The lowest BCUT2D eigenvalue weighted by Gasteiger charge is -2.12. The molecule has 32 heavy (non-hydrogen) atoms. The Labute approximate surface area is 191 Å². The molecule has 2 aromatic heterocycles. The van der Waals surface area contributed by atoms with Crippen LogP contribution in [0.25, 0.3) is 0 Å².